The van der Waals surface area contributed by atoms with E-state index < -0.39 is 0 Å². The number of rotatable bonds is 5. The lowest BCUT2D eigenvalue weighted by molar-refractivity contribution is 0.414. The van der Waals surface area contributed by atoms with Gasteiger partial charge in [0.15, 0.2) is 0 Å². The molecule has 0 heterocycles. The molecule has 1 nitrogen and oxygen atoms in total. The SMILES string of the molecule is COc1cccc(CC(Br)C(C)C2CC2)c1. The quantitative estimate of drug-likeness (QED) is 0.741. The second-order valence-corrected chi connectivity index (χ2v) is 5.94. The van der Waals surface area contributed by atoms with E-state index in [2.05, 4.69) is 41.1 Å². The van der Waals surface area contributed by atoms with Crippen LogP contribution in [0.25, 0.3) is 0 Å². The van der Waals surface area contributed by atoms with E-state index in [1.54, 1.807) is 7.11 Å². The van der Waals surface area contributed by atoms with Gasteiger partial charge >= 0.3 is 0 Å². The van der Waals surface area contributed by atoms with E-state index in [-0.39, 0.29) is 0 Å². The monoisotopic (exact) mass is 282 g/mol. The average Bonchev–Trinajstić information content (AvgIpc) is 3.12. The van der Waals surface area contributed by atoms with E-state index in [4.69, 9.17) is 4.74 Å². The number of ether oxygens (including phenoxy) is 1. The fraction of sp³-hybridized carbons (Fsp3) is 0.571. The molecule has 1 aromatic rings. The van der Waals surface area contributed by atoms with Crippen LogP contribution in [-0.4, -0.2) is 11.9 Å². The van der Waals surface area contributed by atoms with Crippen LogP contribution in [0.15, 0.2) is 24.3 Å². The van der Waals surface area contributed by atoms with Crippen molar-refractivity contribution in [3.63, 3.8) is 0 Å². The molecule has 1 saturated carbocycles. The molecule has 1 aromatic carbocycles. The predicted molar refractivity (Wildman–Crippen MR) is 71.3 cm³/mol. The Bertz CT molecular complexity index is 346. The van der Waals surface area contributed by atoms with Crippen molar-refractivity contribution >= 4 is 15.9 Å². The summed E-state index contributed by atoms with van der Waals surface area (Å²) in [5.41, 5.74) is 1.36. The van der Waals surface area contributed by atoms with E-state index >= 15 is 0 Å². The summed E-state index contributed by atoms with van der Waals surface area (Å²) >= 11 is 3.83. The van der Waals surface area contributed by atoms with Crippen LogP contribution in [0, 0.1) is 11.8 Å². The summed E-state index contributed by atoms with van der Waals surface area (Å²) in [6, 6.07) is 8.37. The first-order valence-corrected chi connectivity index (χ1v) is 6.89. The highest BCUT2D eigenvalue weighted by molar-refractivity contribution is 9.09. The first-order chi connectivity index (χ1) is 7.70. The normalized spacial score (nSPS) is 19.2. The van der Waals surface area contributed by atoms with Crippen molar-refractivity contribution in [1.82, 2.24) is 0 Å². The Labute approximate surface area is 106 Å². The molecule has 2 unspecified atom stereocenters. The fourth-order valence-electron chi connectivity index (χ4n) is 2.13. The molecule has 0 N–H and O–H groups in total. The molecular formula is C14H19BrO. The zero-order valence-electron chi connectivity index (χ0n) is 9.95. The minimum atomic E-state index is 0.590. The minimum Gasteiger partial charge on any atom is -0.497 e. The summed E-state index contributed by atoms with van der Waals surface area (Å²) in [5.74, 6) is 2.69. The Balaban J connectivity index is 1.96. The van der Waals surface area contributed by atoms with Gasteiger partial charge in [-0.05, 0) is 48.8 Å². The summed E-state index contributed by atoms with van der Waals surface area (Å²) in [6.45, 7) is 2.36. The molecule has 16 heavy (non-hydrogen) atoms. The van der Waals surface area contributed by atoms with Gasteiger partial charge in [0, 0.05) is 4.83 Å². The van der Waals surface area contributed by atoms with E-state index in [1.165, 1.54) is 18.4 Å². The number of hydrogen-bond donors (Lipinski definition) is 0. The van der Waals surface area contributed by atoms with Gasteiger partial charge < -0.3 is 4.74 Å². The van der Waals surface area contributed by atoms with Gasteiger partial charge in [0.05, 0.1) is 7.11 Å². The molecule has 0 aromatic heterocycles. The standard InChI is InChI=1S/C14H19BrO/c1-10(12-6-7-12)14(15)9-11-4-3-5-13(8-11)16-2/h3-5,8,10,12,14H,6-7,9H2,1-2H3. The first kappa shape index (κ1) is 12.0. The highest BCUT2D eigenvalue weighted by Crippen LogP contribution is 2.41. The van der Waals surface area contributed by atoms with Crippen molar-refractivity contribution in [3.05, 3.63) is 29.8 Å². The molecule has 0 amide bonds. The lowest BCUT2D eigenvalue weighted by Crippen LogP contribution is -2.15. The molecule has 0 saturated heterocycles. The van der Waals surface area contributed by atoms with Gasteiger partial charge in [0.2, 0.25) is 0 Å². The molecule has 2 atom stereocenters. The van der Waals surface area contributed by atoms with Crippen molar-refractivity contribution < 1.29 is 4.74 Å². The summed E-state index contributed by atoms with van der Waals surface area (Å²) in [7, 11) is 1.72. The molecule has 2 heteroatoms. The van der Waals surface area contributed by atoms with Crippen LogP contribution >= 0.6 is 15.9 Å². The van der Waals surface area contributed by atoms with Crippen LogP contribution in [-0.2, 0) is 6.42 Å². The van der Waals surface area contributed by atoms with E-state index in [0.717, 1.165) is 24.0 Å². The number of alkyl halides is 1. The Morgan fingerprint density at radius 2 is 2.19 bits per heavy atom. The number of hydrogen-bond acceptors (Lipinski definition) is 1. The van der Waals surface area contributed by atoms with Crippen LogP contribution in [0.2, 0.25) is 0 Å². The molecule has 0 spiro atoms. The van der Waals surface area contributed by atoms with Crippen molar-refractivity contribution in [3.8, 4) is 5.75 Å². The lowest BCUT2D eigenvalue weighted by atomic mass is 9.97. The maximum Gasteiger partial charge on any atom is 0.119 e. The lowest BCUT2D eigenvalue weighted by Gasteiger charge is -2.18. The van der Waals surface area contributed by atoms with E-state index in [0.29, 0.717) is 4.83 Å². The van der Waals surface area contributed by atoms with Crippen molar-refractivity contribution in [2.24, 2.45) is 11.8 Å². The van der Waals surface area contributed by atoms with Crippen molar-refractivity contribution in [2.45, 2.75) is 31.0 Å². The molecule has 0 bridgehead atoms. The Hall–Kier alpha value is -0.500. The number of benzene rings is 1. The largest absolute Gasteiger partial charge is 0.497 e. The topological polar surface area (TPSA) is 9.23 Å². The summed E-state index contributed by atoms with van der Waals surface area (Å²) in [5, 5.41) is 0. The zero-order chi connectivity index (χ0) is 11.5. The Morgan fingerprint density at radius 1 is 1.44 bits per heavy atom. The van der Waals surface area contributed by atoms with Crippen LogP contribution in [0.5, 0.6) is 5.75 Å². The third-order valence-electron chi connectivity index (χ3n) is 3.50. The Morgan fingerprint density at radius 3 is 2.81 bits per heavy atom. The van der Waals surface area contributed by atoms with E-state index in [9.17, 15) is 0 Å². The fourth-order valence-corrected chi connectivity index (χ4v) is 2.93. The number of halogens is 1. The highest BCUT2D eigenvalue weighted by atomic mass is 79.9. The van der Waals surface area contributed by atoms with Crippen LogP contribution in [0.4, 0.5) is 0 Å². The molecule has 2 rings (SSSR count). The predicted octanol–water partition coefficient (Wildman–Crippen LogP) is 4.05. The Kier molecular flexibility index (Phi) is 3.91. The van der Waals surface area contributed by atoms with Gasteiger partial charge in [-0.25, -0.2) is 0 Å². The van der Waals surface area contributed by atoms with Crippen LogP contribution < -0.4 is 4.74 Å². The second kappa shape index (κ2) is 5.22. The molecule has 0 radical (unpaired) electrons. The third kappa shape index (κ3) is 3.00. The van der Waals surface area contributed by atoms with Crippen molar-refractivity contribution in [2.75, 3.05) is 7.11 Å². The molecule has 1 aliphatic rings. The molecule has 0 aliphatic heterocycles. The number of methoxy groups -OCH3 is 1. The first-order valence-electron chi connectivity index (χ1n) is 5.97. The van der Waals surface area contributed by atoms with Crippen molar-refractivity contribution in [1.29, 1.82) is 0 Å². The van der Waals surface area contributed by atoms with Gasteiger partial charge in [-0.1, -0.05) is 35.0 Å². The molecular weight excluding hydrogens is 264 g/mol. The van der Waals surface area contributed by atoms with Gasteiger partial charge in [-0.15, -0.1) is 0 Å². The van der Waals surface area contributed by atoms with Gasteiger partial charge in [0.25, 0.3) is 0 Å². The maximum absolute atomic E-state index is 5.24. The van der Waals surface area contributed by atoms with Gasteiger partial charge in [-0.3, -0.25) is 0 Å². The zero-order valence-corrected chi connectivity index (χ0v) is 11.5. The third-order valence-corrected chi connectivity index (χ3v) is 4.66. The summed E-state index contributed by atoms with van der Waals surface area (Å²) in [6.07, 6.45) is 3.93. The van der Waals surface area contributed by atoms with E-state index in [1.807, 2.05) is 6.07 Å². The summed E-state index contributed by atoms with van der Waals surface area (Å²) < 4.78 is 5.24. The summed E-state index contributed by atoms with van der Waals surface area (Å²) in [4.78, 5) is 0.590. The molecule has 1 fully saturated rings. The van der Waals surface area contributed by atoms with Gasteiger partial charge in [0.1, 0.15) is 5.75 Å². The van der Waals surface area contributed by atoms with Crippen LogP contribution in [0.3, 0.4) is 0 Å². The highest BCUT2D eigenvalue weighted by Gasteiger charge is 2.32. The molecule has 88 valence electrons. The van der Waals surface area contributed by atoms with Gasteiger partial charge in [-0.2, -0.15) is 0 Å². The maximum atomic E-state index is 5.24. The smallest absolute Gasteiger partial charge is 0.119 e. The minimum absolute atomic E-state index is 0.590. The van der Waals surface area contributed by atoms with Crippen LogP contribution in [0.1, 0.15) is 25.3 Å². The molecule has 1 aliphatic carbocycles. The second-order valence-electron chi connectivity index (χ2n) is 4.77. The average molecular weight is 283 g/mol.